The predicted molar refractivity (Wildman–Crippen MR) is 109 cm³/mol. The summed E-state index contributed by atoms with van der Waals surface area (Å²) in [4.78, 5) is 27.2. The Bertz CT molecular complexity index is 1270. The van der Waals surface area contributed by atoms with E-state index in [1.807, 2.05) is 0 Å². The fraction of sp³-hybridized carbons (Fsp3) is 0.105. The molecule has 2 aromatic heterocycles. The Labute approximate surface area is 179 Å². The Morgan fingerprint density at radius 1 is 1.26 bits per heavy atom. The number of nitrogens with zero attached hydrogens (tertiary/aromatic N) is 6. The Hall–Kier alpha value is -4.12. The third-order valence-corrected chi connectivity index (χ3v) is 4.62. The minimum atomic E-state index is -0.508. The lowest BCUT2D eigenvalue weighted by Crippen LogP contribution is -2.24. The molecule has 11 nitrogen and oxygen atoms in total. The minimum absolute atomic E-state index is 0.0114. The molecule has 4 aromatic rings. The van der Waals surface area contributed by atoms with Crippen molar-refractivity contribution in [3.8, 4) is 17.1 Å². The summed E-state index contributed by atoms with van der Waals surface area (Å²) in [5.41, 5.74) is 1.55. The van der Waals surface area contributed by atoms with Crippen LogP contribution in [-0.4, -0.2) is 36.0 Å². The summed E-state index contributed by atoms with van der Waals surface area (Å²) in [6.45, 7) is 1.63. The van der Waals surface area contributed by atoms with Crippen molar-refractivity contribution in [1.82, 2.24) is 30.5 Å². The number of hydrogen-bond donors (Lipinski definition) is 1. The summed E-state index contributed by atoms with van der Waals surface area (Å²) in [6, 6.07) is 12.8. The molecule has 0 atom stereocenters. The molecule has 0 aliphatic carbocycles. The second-order valence-electron chi connectivity index (χ2n) is 6.41. The van der Waals surface area contributed by atoms with Crippen LogP contribution in [0.2, 0.25) is 5.02 Å². The number of rotatable bonds is 6. The van der Waals surface area contributed by atoms with Gasteiger partial charge in [-0.2, -0.15) is 4.98 Å². The number of carbonyl (C=O) groups excluding carboxylic acids is 1. The molecular weight excluding hydrogens is 426 g/mol. The predicted octanol–water partition coefficient (Wildman–Crippen LogP) is 3.12. The third kappa shape index (κ3) is 4.26. The van der Waals surface area contributed by atoms with Gasteiger partial charge in [0.1, 0.15) is 0 Å². The van der Waals surface area contributed by atoms with E-state index in [9.17, 15) is 14.9 Å². The third-order valence-electron chi connectivity index (χ3n) is 4.37. The zero-order valence-corrected chi connectivity index (χ0v) is 16.8. The number of aromatic nitrogens is 5. The molecule has 2 aromatic carbocycles. The van der Waals surface area contributed by atoms with Crippen LogP contribution >= 0.6 is 11.6 Å². The molecule has 0 saturated carbocycles. The largest absolute Gasteiger partial charge is 0.341 e. The summed E-state index contributed by atoms with van der Waals surface area (Å²) < 4.78 is 6.52. The molecule has 12 heteroatoms. The average Bonchev–Trinajstić information content (AvgIpc) is 3.39. The lowest BCUT2D eigenvalue weighted by Gasteiger charge is -2.04. The van der Waals surface area contributed by atoms with Gasteiger partial charge in [0.25, 0.3) is 11.6 Å². The Morgan fingerprint density at radius 3 is 2.77 bits per heavy atom. The summed E-state index contributed by atoms with van der Waals surface area (Å²) in [7, 11) is 0. The zero-order chi connectivity index (χ0) is 22.0. The van der Waals surface area contributed by atoms with Gasteiger partial charge < -0.3 is 9.84 Å². The standard InChI is InChI=1S/C19H14ClN7O4/c1-11-17(23-25-26(11)14-3-2-4-15(9-14)27(29)30)19(28)21-10-16-22-18(24-31-16)12-5-7-13(20)8-6-12/h2-9H,10H2,1H3,(H,21,28). The van der Waals surface area contributed by atoms with Gasteiger partial charge in [-0.3, -0.25) is 14.9 Å². The lowest BCUT2D eigenvalue weighted by molar-refractivity contribution is -0.384. The topological polar surface area (TPSA) is 142 Å². The molecule has 31 heavy (non-hydrogen) atoms. The van der Waals surface area contributed by atoms with Crippen molar-refractivity contribution in [2.75, 3.05) is 0 Å². The number of nitro groups is 1. The van der Waals surface area contributed by atoms with Crippen LogP contribution in [0.25, 0.3) is 17.1 Å². The SMILES string of the molecule is Cc1c(C(=O)NCc2nc(-c3ccc(Cl)cc3)no2)nnn1-c1cccc([N+](=O)[O-])c1. The maximum absolute atomic E-state index is 12.5. The molecule has 0 fully saturated rings. The van der Waals surface area contributed by atoms with Gasteiger partial charge in [0.15, 0.2) is 5.69 Å². The summed E-state index contributed by atoms with van der Waals surface area (Å²) >= 11 is 5.87. The fourth-order valence-corrected chi connectivity index (χ4v) is 2.93. The van der Waals surface area contributed by atoms with E-state index < -0.39 is 10.8 Å². The quantitative estimate of drug-likeness (QED) is 0.356. The van der Waals surface area contributed by atoms with E-state index in [0.717, 1.165) is 5.56 Å². The van der Waals surface area contributed by atoms with E-state index in [0.29, 0.717) is 22.2 Å². The van der Waals surface area contributed by atoms with Gasteiger partial charge in [-0.25, -0.2) is 4.68 Å². The number of carbonyl (C=O) groups is 1. The first-order valence-corrected chi connectivity index (χ1v) is 9.34. The van der Waals surface area contributed by atoms with Gasteiger partial charge in [0.2, 0.25) is 11.7 Å². The molecule has 0 unspecified atom stereocenters. The van der Waals surface area contributed by atoms with Gasteiger partial charge in [-0.05, 0) is 37.3 Å². The highest BCUT2D eigenvalue weighted by molar-refractivity contribution is 6.30. The maximum Gasteiger partial charge on any atom is 0.274 e. The van der Waals surface area contributed by atoms with E-state index in [4.69, 9.17) is 16.1 Å². The van der Waals surface area contributed by atoms with Gasteiger partial charge in [-0.1, -0.05) is 28.0 Å². The smallest absolute Gasteiger partial charge is 0.274 e. The summed E-state index contributed by atoms with van der Waals surface area (Å²) in [5, 5.41) is 25.9. The first kappa shape index (κ1) is 20.2. The van der Waals surface area contributed by atoms with Crippen molar-refractivity contribution in [3.05, 3.63) is 80.9 Å². The highest BCUT2D eigenvalue weighted by atomic mass is 35.5. The number of halogens is 1. The first-order chi connectivity index (χ1) is 14.9. The van der Waals surface area contributed by atoms with Gasteiger partial charge in [0, 0.05) is 22.7 Å². The van der Waals surface area contributed by atoms with Crippen LogP contribution in [-0.2, 0) is 6.54 Å². The summed E-state index contributed by atoms with van der Waals surface area (Å²) in [5.74, 6) is 0.0798. The molecule has 156 valence electrons. The number of hydrogen-bond acceptors (Lipinski definition) is 8. The monoisotopic (exact) mass is 439 g/mol. The van der Waals surface area contributed by atoms with E-state index in [2.05, 4.69) is 25.8 Å². The van der Waals surface area contributed by atoms with Crippen LogP contribution in [0.4, 0.5) is 5.69 Å². The van der Waals surface area contributed by atoms with Gasteiger partial charge in [-0.15, -0.1) is 5.10 Å². The zero-order valence-electron chi connectivity index (χ0n) is 16.0. The van der Waals surface area contributed by atoms with Gasteiger partial charge >= 0.3 is 0 Å². The molecule has 0 radical (unpaired) electrons. The van der Waals surface area contributed by atoms with E-state index in [-0.39, 0.29) is 23.8 Å². The van der Waals surface area contributed by atoms with Crippen molar-refractivity contribution in [2.24, 2.45) is 0 Å². The number of amides is 1. The Balaban J connectivity index is 1.46. The van der Waals surface area contributed by atoms with Crippen LogP contribution in [0.15, 0.2) is 53.1 Å². The molecule has 0 bridgehead atoms. The molecule has 2 heterocycles. The molecular formula is C19H14ClN7O4. The fourth-order valence-electron chi connectivity index (χ4n) is 2.81. The van der Waals surface area contributed by atoms with Crippen LogP contribution in [0.1, 0.15) is 22.1 Å². The summed E-state index contributed by atoms with van der Waals surface area (Å²) in [6.07, 6.45) is 0. The van der Waals surface area contributed by atoms with Crippen LogP contribution < -0.4 is 5.32 Å². The normalized spacial score (nSPS) is 10.8. The van der Waals surface area contributed by atoms with E-state index in [1.54, 1.807) is 37.3 Å². The van der Waals surface area contributed by atoms with Crippen LogP contribution in [0, 0.1) is 17.0 Å². The molecule has 4 rings (SSSR count). The number of benzene rings is 2. The number of nitrogens with one attached hydrogen (secondary N) is 1. The molecule has 0 saturated heterocycles. The highest BCUT2D eigenvalue weighted by Gasteiger charge is 2.19. The van der Waals surface area contributed by atoms with Crippen molar-refractivity contribution in [3.63, 3.8) is 0 Å². The second kappa shape index (κ2) is 8.32. The van der Waals surface area contributed by atoms with Crippen molar-refractivity contribution in [2.45, 2.75) is 13.5 Å². The second-order valence-corrected chi connectivity index (χ2v) is 6.85. The molecule has 0 aliphatic heterocycles. The number of non-ortho nitro benzene ring substituents is 1. The minimum Gasteiger partial charge on any atom is -0.341 e. The van der Waals surface area contributed by atoms with Crippen molar-refractivity contribution >= 4 is 23.2 Å². The lowest BCUT2D eigenvalue weighted by atomic mass is 10.2. The number of nitro benzene ring substituents is 1. The maximum atomic E-state index is 12.5. The van der Waals surface area contributed by atoms with E-state index in [1.165, 1.54) is 22.9 Å². The molecule has 1 N–H and O–H groups in total. The molecule has 0 aliphatic rings. The van der Waals surface area contributed by atoms with Crippen LogP contribution in [0.5, 0.6) is 0 Å². The Morgan fingerprint density at radius 2 is 2.03 bits per heavy atom. The highest BCUT2D eigenvalue weighted by Crippen LogP contribution is 2.20. The van der Waals surface area contributed by atoms with Crippen molar-refractivity contribution in [1.29, 1.82) is 0 Å². The first-order valence-electron chi connectivity index (χ1n) is 8.96. The molecule has 1 amide bonds. The average molecular weight is 440 g/mol. The van der Waals surface area contributed by atoms with E-state index >= 15 is 0 Å². The Kier molecular flexibility index (Phi) is 5.41. The van der Waals surface area contributed by atoms with Crippen molar-refractivity contribution < 1.29 is 14.2 Å². The van der Waals surface area contributed by atoms with Crippen LogP contribution in [0.3, 0.4) is 0 Å². The van der Waals surface area contributed by atoms with Gasteiger partial charge in [0.05, 0.1) is 22.8 Å². The molecule has 0 spiro atoms.